The van der Waals surface area contributed by atoms with Crippen molar-refractivity contribution < 1.29 is 19.7 Å². The summed E-state index contributed by atoms with van der Waals surface area (Å²) in [5.74, 6) is 0.667. The molecule has 0 bridgehead atoms. The zero-order valence-electron chi connectivity index (χ0n) is 25.9. The number of aliphatic hydroxyl groups is 1. The zero-order valence-corrected chi connectivity index (χ0v) is 26.7. The normalized spacial score (nSPS) is 11.5. The molecule has 0 aliphatic rings. The van der Waals surface area contributed by atoms with Crippen molar-refractivity contribution in [2.75, 3.05) is 31.7 Å². The standard InChI is InChI=1S/C35H41ClN4O4/c1-5-40-32-27(18-19-28(36)31(32)30-23(2)39(4)37-34(30)38(3)20-9-6-10-21-41)26(33(40)35(42)43)16-12-22-44-29-17-11-14-24-13-7-8-15-25(24)29/h7-8,11,13-15,17-19,41H,5-6,9-10,12,16,20-22H2,1-4H3,(H,42,43). The first-order valence-corrected chi connectivity index (χ1v) is 15.7. The molecule has 0 unspecified atom stereocenters. The Bertz CT molecular complexity index is 1790. The van der Waals surface area contributed by atoms with Crippen LogP contribution in [-0.2, 0) is 20.0 Å². The molecule has 2 aromatic heterocycles. The molecule has 0 amide bonds. The van der Waals surface area contributed by atoms with Crippen LogP contribution in [0.2, 0.25) is 5.02 Å². The second-order valence-corrected chi connectivity index (χ2v) is 11.6. The van der Waals surface area contributed by atoms with Crippen LogP contribution >= 0.6 is 11.6 Å². The third-order valence-electron chi connectivity index (χ3n) is 8.45. The number of hydrogen-bond acceptors (Lipinski definition) is 5. The summed E-state index contributed by atoms with van der Waals surface area (Å²) in [6.07, 6.45) is 3.81. The summed E-state index contributed by atoms with van der Waals surface area (Å²) in [5.41, 5.74) is 4.54. The molecule has 0 radical (unpaired) electrons. The number of fused-ring (bicyclic) bond motifs is 2. The molecule has 0 saturated carbocycles. The van der Waals surface area contributed by atoms with E-state index in [1.54, 1.807) is 0 Å². The number of nitrogens with zero attached hydrogens (tertiary/aromatic N) is 4. The minimum Gasteiger partial charge on any atom is -0.493 e. The van der Waals surface area contributed by atoms with Gasteiger partial charge in [0.2, 0.25) is 0 Å². The monoisotopic (exact) mass is 616 g/mol. The number of anilines is 1. The molecule has 0 spiro atoms. The fourth-order valence-electron chi connectivity index (χ4n) is 6.19. The number of aliphatic hydroxyl groups excluding tert-OH is 1. The lowest BCUT2D eigenvalue weighted by atomic mass is 9.99. The Morgan fingerprint density at radius 1 is 1.00 bits per heavy atom. The maximum atomic E-state index is 12.8. The molecule has 0 aliphatic carbocycles. The summed E-state index contributed by atoms with van der Waals surface area (Å²) in [6, 6.07) is 18.0. The number of carboxylic acid groups (broad SMARTS) is 1. The Morgan fingerprint density at radius 2 is 1.77 bits per heavy atom. The van der Waals surface area contributed by atoms with Gasteiger partial charge in [0.1, 0.15) is 11.4 Å². The predicted octanol–water partition coefficient (Wildman–Crippen LogP) is 7.49. The van der Waals surface area contributed by atoms with Crippen molar-refractivity contribution in [2.45, 2.75) is 52.5 Å². The molecule has 2 heterocycles. The molecule has 2 N–H and O–H groups in total. The van der Waals surface area contributed by atoms with E-state index in [-0.39, 0.29) is 12.3 Å². The SMILES string of the molecule is CCn1c(C(=O)O)c(CCCOc2cccc3ccccc23)c2ccc(Cl)c(-c3c(N(C)CCCCCO)nn(C)c3C)c21. The number of ether oxygens (including phenoxy) is 1. The van der Waals surface area contributed by atoms with Gasteiger partial charge in [0.05, 0.1) is 22.7 Å². The number of aryl methyl sites for hydroxylation is 3. The van der Waals surface area contributed by atoms with Gasteiger partial charge in [-0.3, -0.25) is 4.68 Å². The van der Waals surface area contributed by atoms with Crippen LogP contribution in [0.4, 0.5) is 5.82 Å². The van der Waals surface area contributed by atoms with E-state index in [4.69, 9.17) is 21.4 Å². The van der Waals surface area contributed by atoms with Gasteiger partial charge in [0.25, 0.3) is 0 Å². The molecule has 8 nitrogen and oxygen atoms in total. The average molecular weight is 617 g/mol. The van der Waals surface area contributed by atoms with Crippen LogP contribution in [0, 0.1) is 6.92 Å². The number of hydrogen-bond donors (Lipinski definition) is 2. The summed E-state index contributed by atoms with van der Waals surface area (Å²) < 4.78 is 9.94. The molecule has 44 heavy (non-hydrogen) atoms. The second-order valence-electron chi connectivity index (χ2n) is 11.2. The number of rotatable bonds is 14. The Morgan fingerprint density at radius 3 is 2.52 bits per heavy atom. The van der Waals surface area contributed by atoms with Crippen molar-refractivity contribution in [1.29, 1.82) is 0 Å². The van der Waals surface area contributed by atoms with Crippen LogP contribution in [0.25, 0.3) is 32.8 Å². The lowest BCUT2D eigenvalue weighted by Crippen LogP contribution is -2.20. The Balaban J connectivity index is 1.53. The zero-order chi connectivity index (χ0) is 31.4. The molecule has 232 valence electrons. The van der Waals surface area contributed by atoms with Crippen LogP contribution in [0.5, 0.6) is 5.75 Å². The van der Waals surface area contributed by atoms with E-state index < -0.39 is 5.97 Å². The van der Waals surface area contributed by atoms with Gasteiger partial charge < -0.3 is 24.4 Å². The van der Waals surface area contributed by atoms with Crippen molar-refractivity contribution in [2.24, 2.45) is 7.05 Å². The van der Waals surface area contributed by atoms with Gasteiger partial charge in [0.15, 0.2) is 5.82 Å². The van der Waals surface area contributed by atoms with Crippen LogP contribution in [0.3, 0.4) is 0 Å². The quantitative estimate of drug-likeness (QED) is 0.126. The molecule has 9 heteroatoms. The fraction of sp³-hybridized carbons (Fsp3) is 0.371. The van der Waals surface area contributed by atoms with Crippen molar-refractivity contribution in [1.82, 2.24) is 14.3 Å². The third-order valence-corrected chi connectivity index (χ3v) is 8.77. The smallest absolute Gasteiger partial charge is 0.352 e. The Hall–Kier alpha value is -4.01. The number of halogens is 1. The van der Waals surface area contributed by atoms with E-state index in [0.29, 0.717) is 31.0 Å². The number of aromatic carboxylic acids is 1. The van der Waals surface area contributed by atoms with Crippen molar-refractivity contribution in [3.8, 4) is 16.9 Å². The number of benzene rings is 3. The van der Waals surface area contributed by atoms with Crippen LogP contribution in [0.15, 0.2) is 54.6 Å². The first kappa shape index (κ1) is 31.4. The Kier molecular flexibility index (Phi) is 9.81. The highest BCUT2D eigenvalue weighted by Crippen LogP contribution is 2.44. The molecule has 0 saturated heterocycles. The summed E-state index contributed by atoms with van der Waals surface area (Å²) in [6.45, 7) is 5.88. The highest BCUT2D eigenvalue weighted by molar-refractivity contribution is 6.35. The van der Waals surface area contributed by atoms with Gasteiger partial charge >= 0.3 is 5.97 Å². The summed E-state index contributed by atoms with van der Waals surface area (Å²) >= 11 is 6.99. The van der Waals surface area contributed by atoms with E-state index >= 15 is 0 Å². The van der Waals surface area contributed by atoms with Gasteiger partial charge in [-0.15, -0.1) is 0 Å². The highest BCUT2D eigenvalue weighted by atomic mass is 35.5. The van der Waals surface area contributed by atoms with Gasteiger partial charge in [-0.05, 0) is 69.0 Å². The minimum atomic E-state index is -0.959. The van der Waals surface area contributed by atoms with Gasteiger partial charge in [-0.1, -0.05) is 54.1 Å². The third kappa shape index (κ3) is 6.01. The highest BCUT2D eigenvalue weighted by Gasteiger charge is 2.28. The Labute approximate surface area is 263 Å². The first-order valence-electron chi connectivity index (χ1n) is 15.3. The lowest BCUT2D eigenvalue weighted by Gasteiger charge is -2.20. The number of carbonyl (C=O) groups is 1. The van der Waals surface area contributed by atoms with E-state index in [1.165, 1.54) is 0 Å². The topological polar surface area (TPSA) is 92.8 Å². The number of carboxylic acids is 1. The lowest BCUT2D eigenvalue weighted by molar-refractivity contribution is 0.0684. The molecule has 0 fully saturated rings. The van der Waals surface area contributed by atoms with E-state index in [2.05, 4.69) is 23.1 Å². The number of unbranched alkanes of at least 4 members (excludes halogenated alkanes) is 2. The minimum absolute atomic E-state index is 0.187. The van der Waals surface area contributed by atoms with E-state index in [0.717, 1.165) is 81.4 Å². The molecular weight excluding hydrogens is 576 g/mol. The summed E-state index contributed by atoms with van der Waals surface area (Å²) in [4.78, 5) is 14.9. The van der Waals surface area contributed by atoms with Crippen LogP contribution < -0.4 is 9.64 Å². The van der Waals surface area contributed by atoms with Gasteiger partial charge in [-0.25, -0.2) is 4.79 Å². The van der Waals surface area contributed by atoms with E-state index in [9.17, 15) is 15.0 Å². The summed E-state index contributed by atoms with van der Waals surface area (Å²) in [5, 5.41) is 28.1. The summed E-state index contributed by atoms with van der Waals surface area (Å²) in [7, 11) is 3.93. The van der Waals surface area contributed by atoms with E-state index in [1.807, 2.05) is 73.6 Å². The van der Waals surface area contributed by atoms with Crippen molar-refractivity contribution in [3.63, 3.8) is 0 Å². The fourth-order valence-corrected chi connectivity index (χ4v) is 6.44. The molecule has 0 atom stereocenters. The maximum absolute atomic E-state index is 12.8. The van der Waals surface area contributed by atoms with Gasteiger partial charge in [-0.2, -0.15) is 5.10 Å². The first-order chi connectivity index (χ1) is 21.3. The largest absolute Gasteiger partial charge is 0.493 e. The molecule has 0 aliphatic heterocycles. The molecule has 3 aromatic carbocycles. The van der Waals surface area contributed by atoms with Gasteiger partial charge in [0, 0.05) is 55.8 Å². The maximum Gasteiger partial charge on any atom is 0.352 e. The number of aromatic nitrogens is 3. The average Bonchev–Trinajstić information content (AvgIpc) is 3.50. The second kappa shape index (κ2) is 13.7. The molecule has 5 aromatic rings. The van der Waals surface area contributed by atoms with Crippen molar-refractivity contribution in [3.05, 3.63) is 76.6 Å². The van der Waals surface area contributed by atoms with Crippen molar-refractivity contribution >= 4 is 45.1 Å². The molecular formula is C35H41ClN4O4. The van der Waals surface area contributed by atoms with Crippen LogP contribution in [0.1, 0.15) is 54.4 Å². The molecule has 5 rings (SSSR count). The predicted molar refractivity (Wildman–Crippen MR) is 178 cm³/mol. The van der Waals surface area contributed by atoms with Crippen LogP contribution in [-0.4, -0.2) is 57.3 Å².